The third kappa shape index (κ3) is 4.35. The van der Waals surface area contributed by atoms with E-state index in [0.29, 0.717) is 5.16 Å². The average Bonchev–Trinajstić information content (AvgIpc) is 3.06. The van der Waals surface area contributed by atoms with E-state index in [2.05, 4.69) is 10.3 Å². The Kier molecular flexibility index (Phi) is 5.56. The van der Waals surface area contributed by atoms with Gasteiger partial charge in [0.15, 0.2) is 5.16 Å². The van der Waals surface area contributed by atoms with Gasteiger partial charge >= 0.3 is 0 Å². The molecule has 1 aromatic heterocycles. The Morgan fingerprint density at radius 1 is 1.26 bits per heavy atom. The SMILES string of the molecule is Cc1ccc(NC(=O)[C@@H](Sc2nccn2C)c2ccccc2)c([N+](=O)[O-])c1. The molecule has 0 radical (unpaired) electrons. The second kappa shape index (κ2) is 8.05. The lowest BCUT2D eigenvalue weighted by molar-refractivity contribution is -0.384. The number of nitrogens with zero attached hydrogens (tertiary/aromatic N) is 3. The van der Waals surface area contributed by atoms with Crippen LogP contribution in [0.4, 0.5) is 11.4 Å². The number of rotatable bonds is 6. The third-order valence-corrected chi connectivity index (χ3v) is 5.27. The van der Waals surface area contributed by atoms with Crippen molar-refractivity contribution < 1.29 is 9.72 Å². The van der Waals surface area contributed by atoms with Crippen LogP contribution in [0, 0.1) is 17.0 Å². The largest absolute Gasteiger partial charge is 0.329 e. The number of carbonyl (C=O) groups is 1. The predicted octanol–water partition coefficient (Wildman–Crippen LogP) is 4.11. The second-order valence-electron chi connectivity index (χ2n) is 6.00. The van der Waals surface area contributed by atoms with E-state index in [-0.39, 0.29) is 17.3 Å². The second-order valence-corrected chi connectivity index (χ2v) is 7.07. The Labute approximate surface area is 160 Å². The van der Waals surface area contributed by atoms with Gasteiger partial charge in [0.25, 0.3) is 5.69 Å². The molecule has 0 aliphatic rings. The first-order valence-corrected chi connectivity index (χ1v) is 9.08. The molecule has 1 amide bonds. The Morgan fingerprint density at radius 3 is 2.63 bits per heavy atom. The normalized spacial score (nSPS) is 11.8. The summed E-state index contributed by atoms with van der Waals surface area (Å²) in [7, 11) is 1.85. The summed E-state index contributed by atoms with van der Waals surface area (Å²) < 4.78 is 1.82. The molecule has 8 heteroatoms. The summed E-state index contributed by atoms with van der Waals surface area (Å²) in [6, 6.07) is 14.0. The third-order valence-electron chi connectivity index (χ3n) is 3.95. The molecule has 1 atom stereocenters. The van der Waals surface area contributed by atoms with Crippen LogP contribution >= 0.6 is 11.8 Å². The zero-order valence-corrected chi connectivity index (χ0v) is 15.6. The van der Waals surface area contributed by atoms with E-state index < -0.39 is 10.2 Å². The zero-order chi connectivity index (χ0) is 19.4. The minimum Gasteiger partial charge on any atom is -0.329 e. The molecule has 0 fully saturated rings. The van der Waals surface area contributed by atoms with Crippen molar-refractivity contribution in [3.63, 3.8) is 0 Å². The quantitative estimate of drug-likeness (QED) is 0.394. The number of nitro benzene ring substituents is 1. The van der Waals surface area contributed by atoms with Gasteiger partial charge in [0.2, 0.25) is 5.91 Å². The van der Waals surface area contributed by atoms with Crippen LogP contribution in [0.15, 0.2) is 66.1 Å². The van der Waals surface area contributed by atoms with Crippen LogP contribution in [0.2, 0.25) is 0 Å². The lowest BCUT2D eigenvalue weighted by Crippen LogP contribution is -2.20. The van der Waals surface area contributed by atoms with Crippen molar-refractivity contribution in [2.75, 3.05) is 5.32 Å². The number of thioether (sulfide) groups is 1. The number of carbonyl (C=O) groups excluding carboxylic acids is 1. The number of nitro groups is 1. The number of aryl methyl sites for hydroxylation is 2. The number of benzene rings is 2. The molecule has 1 heterocycles. The summed E-state index contributed by atoms with van der Waals surface area (Å²) in [4.78, 5) is 28.1. The maximum Gasteiger partial charge on any atom is 0.293 e. The fourth-order valence-electron chi connectivity index (χ4n) is 2.57. The fourth-order valence-corrected chi connectivity index (χ4v) is 3.59. The molecule has 0 bridgehead atoms. The van der Waals surface area contributed by atoms with Crippen molar-refractivity contribution in [1.82, 2.24) is 9.55 Å². The van der Waals surface area contributed by atoms with Crippen molar-refractivity contribution in [2.24, 2.45) is 7.05 Å². The summed E-state index contributed by atoms with van der Waals surface area (Å²) in [5, 5.41) is 14.1. The van der Waals surface area contributed by atoms with Gasteiger partial charge in [-0.05, 0) is 24.1 Å². The first kappa shape index (κ1) is 18.7. The summed E-state index contributed by atoms with van der Waals surface area (Å²) >= 11 is 1.29. The number of hydrogen-bond acceptors (Lipinski definition) is 5. The highest BCUT2D eigenvalue weighted by molar-refractivity contribution is 8.00. The molecule has 0 saturated heterocycles. The average molecular weight is 382 g/mol. The summed E-state index contributed by atoms with van der Waals surface area (Å²) in [5.41, 5.74) is 1.59. The number of anilines is 1. The molecule has 3 aromatic rings. The highest BCUT2D eigenvalue weighted by atomic mass is 32.2. The van der Waals surface area contributed by atoms with Gasteiger partial charge in [0.1, 0.15) is 10.9 Å². The van der Waals surface area contributed by atoms with E-state index in [1.807, 2.05) is 41.9 Å². The van der Waals surface area contributed by atoms with E-state index in [9.17, 15) is 14.9 Å². The number of nitrogens with one attached hydrogen (secondary N) is 1. The van der Waals surface area contributed by atoms with Crippen LogP contribution in [0.5, 0.6) is 0 Å². The maximum absolute atomic E-state index is 13.0. The molecule has 3 rings (SSSR count). The van der Waals surface area contributed by atoms with E-state index >= 15 is 0 Å². The van der Waals surface area contributed by atoms with Gasteiger partial charge in [-0.2, -0.15) is 0 Å². The standard InChI is InChI=1S/C19H18N4O3S/c1-13-8-9-15(16(12-13)23(25)26)21-18(24)17(14-6-4-3-5-7-14)27-19-20-10-11-22(19)2/h3-12,17H,1-2H3,(H,21,24)/t17-/m0/s1. The highest BCUT2D eigenvalue weighted by Gasteiger charge is 2.26. The fraction of sp³-hybridized carbons (Fsp3) is 0.158. The highest BCUT2D eigenvalue weighted by Crippen LogP contribution is 2.36. The van der Waals surface area contributed by atoms with Crippen LogP contribution in [-0.4, -0.2) is 20.4 Å². The van der Waals surface area contributed by atoms with E-state index in [1.54, 1.807) is 31.5 Å². The van der Waals surface area contributed by atoms with Crippen LogP contribution < -0.4 is 5.32 Å². The molecular weight excluding hydrogens is 364 g/mol. The Morgan fingerprint density at radius 2 is 2.00 bits per heavy atom. The molecule has 0 aliphatic carbocycles. The van der Waals surface area contributed by atoms with E-state index in [1.165, 1.54) is 17.8 Å². The molecular formula is C19H18N4O3S. The molecule has 1 N–H and O–H groups in total. The lowest BCUT2D eigenvalue weighted by Gasteiger charge is -2.17. The van der Waals surface area contributed by atoms with Crippen LogP contribution in [0.25, 0.3) is 0 Å². The van der Waals surface area contributed by atoms with Crippen molar-refractivity contribution in [3.05, 3.63) is 82.2 Å². The Balaban J connectivity index is 1.92. The van der Waals surface area contributed by atoms with Crippen molar-refractivity contribution in [2.45, 2.75) is 17.3 Å². The van der Waals surface area contributed by atoms with E-state index in [4.69, 9.17) is 0 Å². The Bertz CT molecular complexity index is 972. The lowest BCUT2D eigenvalue weighted by atomic mass is 10.1. The topological polar surface area (TPSA) is 90.1 Å². The van der Waals surface area contributed by atoms with Crippen molar-refractivity contribution >= 4 is 29.0 Å². The number of imidazole rings is 1. The van der Waals surface area contributed by atoms with Crippen molar-refractivity contribution in [1.29, 1.82) is 0 Å². The number of aromatic nitrogens is 2. The van der Waals surface area contributed by atoms with Crippen molar-refractivity contribution in [3.8, 4) is 0 Å². The summed E-state index contributed by atoms with van der Waals surface area (Å²) in [6.45, 7) is 1.77. The van der Waals surface area contributed by atoms with Gasteiger partial charge in [0, 0.05) is 25.5 Å². The van der Waals surface area contributed by atoms with Gasteiger partial charge in [-0.15, -0.1) is 0 Å². The van der Waals surface area contributed by atoms with Crippen LogP contribution in [0.3, 0.4) is 0 Å². The van der Waals surface area contributed by atoms with Gasteiger partial charge < -0.3 is 9.88 Å². The molecule has 27 heavy (non-hydrogen) atoms. The van der Waals surface area contributed by atoms with Crippen LogP contribution in [-0.2, 0) is 11.8 Å². The van der Waals surface area contributed by atoms with Gasteiger partial charge in [0.05, 0.1) is 4.92 Å². The first-order chi connectivity index (χ1) is 13.0. The smallest absolute Gasteiger partial charge is 0.293 e. The predicted molar refractivity (Wildman–Crippen MR) is 105 cm³/mol. The van der Waals surface area contributed by atoms with Gasteiger partial charge in [-0.1, -0.05) is 48.2 Å². The molecule has 0 saturated carbocycles. The van der Waals surface area contributed by atoms with E-state index in [0.717, 1.165) is 11.1 Å². The number of hydrogen-bond donors (Lipinski definition) is 1. The summed E-state index contributed by atoms with van der Waals surface area (Å²) in [6.07, 6.45) is 3.46. The zero-order valence-electron chi connectivity index (χ0n) is 14.8. The minimum atomic E-state index is -0.604. The van der Waals surface area contributed by atoms with Gasteiger partial charge in [-0.25, -0.2) is 4.98 Å². The molecule has 0 unspecified atom stereocenters. The molecule has 2 aromatic carbocycles. The molecule has 0 spiro atoms. The Hall–Kier alpha value is -3.13. The number of amides is 1. The molecule has 0 aliphatic heterocycles. The van der Waals surface area contributed by atoms with Gasteiger partial charge in [-0.3, -0.25) is 14.9 Å². The minimum absolute atomic E-state index is 0.128. The molecule has 7 nitrogen and oxygen atoms in total. The van der Waals surface area contributed by atoms with Crippen LogP contribution in [0.1, 0.15) is 16.4 Å². The summed E-state index contributed by atoms with van der Waals surface area (Å²) in [5.74, 6) is -0.346. The monoisotopic (exact) mass is 382 g/mol. The molecule has 138 valence electrons. The maximum atomic E-state index is 13.0. The first-order valence-electron chi connectivity index (χ1n) is 8.20.